The summed E-state index contributed by atoms with van der Waals surface area (Å²) in [7, 11) is 5.36. The second kappa shape index (κ2) is 11.6. The summed E-state index contributed by atoms with van der Waals surface area (Å²) in [6.45, 7) is 6.10. The summed E-state index contributed by atoms with van der Waals surface area (Å²) in [5.41, 5.74) is 1.32. The Morgan fingerprint density at radius 2 is 1.53 bits per heavy atom. The minimum Gasteiger partial charge on any atom is -0.388 e. The molecule has 0 spiro atoms. The van der Waals surface area contributed by atoms with E-state index in [0.29, 0.717) is 0 Å². The first-order valence-corrected chi connectivity index (χ1v) is 5.88. The zero-order valence-corrected chi connectivity index (χ0v) is 11.5. The summed E-state index contributed by atoms with van der Waals surface area (Å²) in [6.07, 6.45) is 0. The van der Waals surface area contributed by atoms with Crippen molar-refractivity contribution in [1.29, 1.82) is 0 Å². The van der Waals surface area contributed by atoms with Gasteiger partial charge >= 0.3 is 0 Å². The predicted molar refractivity (Wildman–Crippen MR) is 72.4 cm³/mol. The Morgan fingerprint density at radius 3 is 1.76 bits per heavy atom. The molecule has 0 bridgehead atoms. The molecular weight excluding hydrogens is 214 g/mol. The molecule has 1 aromatic carbocycles. The number of ether oxygens (including phenoxy) is 2. The van der Waals surface area contributed by atoms with Crippen molar-refractivity contribution in [3.05, 3.63) is 35.9 Å². The van der Waals surface area contributed by atoms with E-state index in [1.54, 1.807) is 14.2 Å². The van der Waals surface area contributed by atoms with E-state index in [2.05, 4.69) is 35.7 Å². The van der Waals surface area contributed by atoms with E-state index < -0.39 is 0 Å². The van der Waals surface area contributed by atoms with Gasteiger partial charge in [-0.25, -0.2) is 0 Å². The number of likely N-dealkylation sites (N-methyl/N-ethyl adjacent to an activating group) is 1. The van der Waals surface area contributed by atoms with Crippen molar-refractivity contribution in [2.45, 2.75) is 6.92 Å². The quantitative estimate of drug-likeness (QED) is 0.693. The van der Waals surface area contributed by atoms with Crippen LogP contribution in [0.25, 0.3) is 0 Å². The van der Waals surface area contributed by atoms with Crippen molar-refractivity contribution in [2.75, 3.05) is 47.6 Å². The van der Waals surface area contributed by atoms with E-state index in [9.17, 15) is 0 Å². The van der Waals surface area contributed by atoms with Crippen LogP contribution in [-0.2, 0) is 9.47 Å². The van der Waals surface area contributed by atoms with E-state index in [1.165, 1.54) is 5.56 Å². The maximum Gasteiger partial charge on any atom is 0.0594 e. The largest absolute Gasteiger partial charge is 0.388 e. The van der Waals surface area contributed by atoms with Crippen LogP contribution in [-0.4, -0.2) is 52.5 Å². The van der Waals surface area contributed by atoms with Crippen molar-refractivity contribution < 1.29 is 9.47 Å². The molecule has 1 fully saturated rings. The average molecular weight is 239 g/mol. The first kappa shape index (κ1) is 16.1. The van der Waals surface area contributed by atoms with Gasteiger partial charge in [0.15, 0.2) is 0 Å². The lowest BCUT2D eigenvalue weighted by molar-refractivity contribution is 0.0503. The van der Waals surface area contributed by atoms with Crippen LogP contribution >= 0.6 is 0 Å². The van der Waals surface area contributed by atoms with Gasteiger partial charge in [0.1, 0.15) is 0 Å². The Hall–Kier alpha value is -0.900. The fourth-order valence-corrected chi connectivity index (χ4v) is 1.19. The SMILES string of the molecule is CN1CCOCC1.COC.Cc1ccccc1. The fraction of sp³-hybridized carbons (Fsp3) is 0.571. The third-order valence-corrected chi connectivity index (χ3v) is 2.18. The van der Waals surface area contributed by atoms with Crippen molar-refractivity contribution in [2.24, 2.45) is 0 Å². The summed E-state index contributed by atoms with van der Waals surface area (Å²) < 4.78 is 9.35. The summed E-state index contributed by atoms with van der Waals surface area (Å²) >= 11 is 0. The summed E-state index contributed by atoms with van der Waals surface area (Å²) in [6, 6.07) is 10.3. The van der Waals surface area contributed by atoms with Crippen molar-refractivity contribution in [3.8, 4) is 0 Å². The van der Waals surface area contributed by atoms with Crippen LogP contribution in [0.15, 0.2) is 30.3 Å². The molecule has 0 N–H and O–H groups in total. The van der Waals surface area contributed by atoms with Crippen molar-refractivity contribution >= 4 is 0 Å². The fourth-order valence-electron chi connectivity index (χ4n) is 1.19. The van der Waals surface area contributed by atoms with Crippen LogP contribution in [0.4, 0.5) is 0 Å². The summed E-state index contributed by atoms with van der Waals surface area (Å²) in [5, 5.41) is 0. The van der Waals surface area contributed by atoms with Gasteiger partial charge in [-0.05, 0) is 14.0 Å². The molecule has 0 atom stereocenters. The molecule has 1 heterocycles. The van der Waals surface area contributed by atoms with Crippen LogP contribution in [0.1, 0.15) is 5.56 Å². The molecule has 0 aliphatic carbocycles. The second-order valence-electron chi connectivity index (χ2n) is 3.98. The minimum absolute atomic E-state index is 0.913. The third-order valence-electron chi connectivity index (χ3n) is 2.18. The predicted octanol–water partition coefficient (Wildman–Crippen LogP) is 2.21. The molecule has 3 nitrogen and oxygen atoms in total. The summed E-state index contributed by atoms with van der Waals surface area (Å²) in [5.74, 6) is 0. The monoisotopic (exact) mass is 239 g/mol. The molecule has 1 aliphatic heterocycles. The number of methoxy groups -OCH3 is 1. The molecule has 0 aromatic heterocycles. The first-order chi connectivity index (χ1) is 8.20. The van der Waals surface area contributed by atoms with Gasteiger partial charge in [-0.15, -0.1) is 0 Å². The Labute approximate surface area is 105 Å². The highest BCUT2D eigenvalue weighted by Crippen LogP contribution is 1.92. The molecule has 17 heavy (non-hydrogen) atoms. The standard InChI is InChI=1S/C7H8.C5H11NO.C2H6O/c1-7-5-3-2-4-6-7;1-6-2-4-7-5-3-6;1-3-2/h2-6H,1H3;2-5H2,1H3;1-2H3. The molecule has 1 saturated heterocycles. The molecule has 98 valence electrons. The summed E-state index contributed by atoms with van der Waals surface area (Å²) in [4.78, 5) is 2.27. The van der Waals surface area contributed by atoms with Crippen molar-refractivity contribution in [3.63, 3.8) is 0 Å². The Kier molecular flexibility index (Phi) is 11.0. The van der Waals surface area contributed by atoms with E-state index in [4.69, 9.17) is 4.74 Å². The highest BCUT2D eigenvalue weighted by Gasteiger charge is 2.02. The van der Waals surface area contributed by atoms with Crippen LogP contribution in [0.2, 0.25) is 0 Å². The van der Waals surface area contributed by atoms with Gasteiger partial charge in [0, 0.05) is 27.3 Å². The maximum absolute atomic E-state index is 5.10. The van der Waals surface area contributed by atoms with Gasteiger partial charge in [-0.2, -0.15) is 0 Å². The average Bonchev–Trinajstić information content (AvgIpc) is 2.33. The Morgan fingerprint density at radius 1 is 1.06 bits per heavy atom. The molecule has 0 unspecified atom stereocenters. The molecule has 0 radical (unpaired) electrons. The van der Waals surface area contributed by atoms with E-state index >= 15 is 0 Å². The number of hydrogen-bond acceptors (Lipinski definition) is 3. The van der Waals surface area contributed by atoms with E-state index in [1.807, 2.05) is 18.2 Å². The van der Waals surface area contributed by atoms with Gasteiger partial charge in [0.25, 0.3) is 0 Å². The molecule has 0 amide bonds. The van der Waals surface area contributed by atoms with Crippen molar-refractivity contribution in [1.82, 2.24) is 4.90 Å². The lowest BCUT2D eigenvalue weighted by atomic mass is 10.2. The van der Waals surface area contributed by atoms with E-state index in [0.717, 1.165) is 26.3 Å². The van der Waals surface area contributed by atoms with Gasteiger partial charge in [0.2, 0.25) is 0 Å². The zero-order valence-electron chi connectivity index (χ0n) is 11.5. The Balaban J connectivity index is 0.000000247. The molecule has 1 aliphatic rings. The molecule has 0 saturated carbocycles. The lowest BCUT2D eigenvalue weighted by Gasteiger charge is -2.21. The number of benzene rings is 1. The normalized spacial score (nSPS) is 15.1. The first-order valence-electron chi connectivity index (χ1n) is 5.88. The number of rotatable bonds is 0. The van der Waals surface area contributed by atoms with Gasteiger partial charge < -0.3 is 14.4 Å². The van der Waals surface area contributed by atoms with Gasteiger partial charge in [-0.1, -0.05) is 35.9 Å². The topological polar surface area (TPSA) is 21.7 Å². The van der Waals surface area contributed by atoms with Crippen LogP contribution in [0, 0.1) is 6.92 Å². The van der Waals surface area contributed by atoms with Crippen LogP contribution in [0.3, 0.4) is 0 Å². The highest BCUT2D eigenvalue weighted by atomic mass is 16.5. The number of aryl methyl sites for hydroxylation is 1. The number of morpholine rings is 1. The molecule has 3 heteroatoms. The zero-order chi connectivity index (χ0) is 12.9. The number of nitrogens with zero attached hydrogens (tertiary/aromatic N) is 1. The third kappa shape index (κ3) is 11.4. The van der Waals surface area contributed by atoms with Crippen LogP contribution < -0.4 is 0 Å². The van der Waals surface area contributed by atoms with Gasteiger partial charge in [0.05, 0.1) is 13.2 Å². The second-order valence-corrected chi connectivity index (χ2v) is 3.98. The van der Waals surface area contributed by atoms with Gasteiger partial charge in [-0.3, -0.25) is 0 Å². The maximum atomic E-state index is 5.10. The smallest absolute Gasteiger partial charge is 0.0594 e. The Bertz CT molecular complexity index is 246. The molecular formula is C14H25NO2. The molecule has 1 aromatic rings. The lowest BCUT2D eigenvalue weighted by Crippen LogP contribution is -2.32. The van der Waals surface area contributed by atoms with Crippen LogP contribution in [0.5, 0.6) is 0 Å². The van der Waals surface area contributed by atoms with E-state index in [-0.39, 0.29) is 0 Å². The minimum atomic E-state index is 0.913. The molecule has 2 rings (SSSR count). The number of hydrogen-bond donors (Lipinski definition) is 0. The highest BCUT2D eigenvalue weighted by molar-refractivity contribution is 5.11.